The molecule has 0 atom stereocenters. The van der Waals surface area contributed by atoms with Crippen LogP contribution in [0.5, 0.6) is 0 Å². The van der Waals surface area contributed by atoms with Crippen molar-refractivity contribution in [3.8, 4) is 0 Å². The second kappa shape index (κ2) is 7.72. The molecule has 0 spiro atoms. The van der Waals surface area contributed by atoms with Crippen LogP contribution in [0.15, 0.2) is 42.6 Å². The minimum absolute atomic E-state index is 0.305. The molecule has 1 aromatic heterocycles. The Labute approximate surface area is 127 Å². The van der Waals surface area contributed by atoms with Gasteiger partial charge in [0, 0.05) is 13.1 Å². The molecule has 7 nitrogen and oxygen atoms in total. The molecule has 0 bridgehead atoms. The van der Waals surface area contributed by atoms with Crippen LogP contribution in [-0.2, 0) is 20.9 Å². The average molecular weight is 300 g/mol. The van der Waals surface area contributed by atoms with Gasteiger partial charge in [-0.05, 0) is 11.6 Å². The van der Waals surface area contributed by atoms with E-state index in [1.165, 1.54) is 19.2 Å². The summed E-state index contributed by atoms with van der Waals surface area (Å²) >= 11 is 0. The van der Waals surface area contributed by atoms with E-state index < -0.39 is 5.97 Å². The third kappa shape index (κ3) is 4.86. The predicted octanol–water partition coefficient (Wildman–Crippen LogP) is 0.629. The number of hydrogen-bond acceptors (Lipinski definition) is 5. The quantitative estimate of drug-likeness (QED) is 0.624. The largest absolute Gasteiger partial charge is 0.452 e. The monoisotopic (exact) mass is 300 g/mol. The molecule has 1 N–H and O–H groups in total. The van der Waals surface area contributed by atoms with Crippen LogP contribution >= 0.6 is 0 Å². The fourth-order valence-corrected chi connectivity index (χ4v) is 1.65. The van der Waals surface area contributed by atoms with Crippen molar-refractivity contribution in [2.45, 2.75) is 6.54 Å². The molecule has 0 unspecified atom stereocenters. The molecule has 0 fully saturated rings. The maximum atomic E-state index is 11.4. The van der Waals surface area contributed by atoms with Crippen LogP contribution in [0.2, 0.25) is 0 Å². The van der Waals surface area contributed by atoms with E-state index in [0.717, 1.165) is 5.56 Å². The van der Waals surface area contributed by atoms with E-state index in [1.54, 1.807) is 10.9 Å². The van der Waals surface area contributed by atoms with Crippen molar-refractivity contribution < 1.29 is 14.3 Å². The first-order valence-electron chi connectivity index (χ1n) is 6.67. The van der Waals surface area contributed by atoms with Crippen molar-refractivity contribution in [2.75, 3.05) is 13.7 Å². The number of ether oxygens (including phenoxy) is 1. The molecule has 2 rings (SSSR count). The van der Waals surface area contributed by atoms with Gasteiger partial charge in [-0.25, -0.2) is 9.48 Å². The molecule has 114 valence electrons. The highest BCUT2D eigenvalue weighted by Gasteiger charge is 2.03. The molecular formula is C15H16N4O3. The van der Waals surface area contributed by atoms with Gasteiger partial charge >= 0.3 is 5.97 Å². The normalized spacial score (nSPS) is 10.6. The van der Waals surface area contributed by atoms with Gasteiger partial charge < -0.3 is 10.1 Å². The van der Waals surface area contributed by atoms with E-state index in [-0.39, 0.29) is 12.5 Å². The Morgan fingerprint density at radius 3 is 2.82 bits per heavy atom. The van der Waals surface area contributed by atoms with Crippen molar-refractivity contribution in [1.82, 2.24) is 20.3 Å². The number of carbonyl (C=O) groups excluding carboxylic acids is 2. The number of nitrogens with zero attached hydrogens (tertiary/aromatic N) is 3. The van der Waals surface area contributed by atoms with Crippen LogP contribution in [0.1, 0.15) is 11.3 Å². The number of amides is 1. The highest BCUT2D eigenvalue weighted by molar-refractivity contribution is 5.88. The van der Waals surface area contributed by atoms with Crippen molar-refractivity contribution in [2.24, 2.45) is 0 Å². The van der Waals surface area contributed by atoms with Gasteiger partial charge in [0.2, 0.25) is 0 Å². The zero-order chi connectivity index (χ0) is 15.8. The molecule has 0 aliphatic carbocycles. The SMILES string of the molecule is CNC(=O)COC(=O)/C=C/c1cn(Cc2ccccc2)nn1. The Hall–Kier alpha value is -2.96. The molecule has 1 aromatic carbocycles. The van der Waals surface area contributed by atoms with Gasteiger partial charge in [-0.1, -0.05) is 35.5 Å². The Bertz CT molecular complexity index is 664. The summed E-state index contributed by atoms with van der Waals surface area (Å²) in [5.74, 6) is -0.975. The number of carbonyl (C=O) groups is 2. The highest BCUT2D eigenvalue weighted by atomic mass is 16.5. The minimum Gasteiger partial charge on any atom is -0.452 e. The standard InChI is InChI=1S/C15H16N4O3/c1-16-14(20)11-22-15(21)8-7-13-10-19(18-17-13)9-12-5-3-2-4-6-12/h2-8,10H,9,11H2,1H3,(H,16,20)/b8-7+. The molecule has 1 amide bonds. The van der Waals surface area contributed by atoms with Crippen LogP contribution in [0.4, 0.5) is 0 Å². The second-order valence-corrected chi connectivity index (χ2v) is 4.44. The molecular weight excluding hydrogens is 284 g/mol. The Morgan fingerprint density at radius 2 is 2.09 bits per heavy atom. The number of rotatable bonds is 6. The molecule has 0 saturated carbocycles. The summed E-state index contributed by atoms with van der Waals surface area (Å²) in [6.45, 7) is 0.295. The van der Waals surface area contributed by atoms with Crippen LogP contribution in [0.3, 0.4) is 0 Å². The smallest absolute Gasteiger partial charge is 0.331 e. The maximum Gasteiger partial charge on any atom is 0.331 e. The fraction of sp³-hybridized carbons (Fsp3) is 0.200. The summed E-state index contributed by atoms with van der Waals surface area (Å²) < 4.78 is 6.40. The first-order valence-corrected chi connectivity index (χ1v) is 6.67. The predicted molar refractivity (Wildman–Crippen MR) is 79.6 cm³/mol. The van der Waals surface area contributed by atoms with Gasteiger partial charge in [0.15, 0.2) is 6.61 Å². The summed E-state index contributed by atoms with van der Waals surface area (Å²) in [5.41, 5.74) is 1.64. The van der Waals surface area contributed by atoms with E-state index in [9.17, 15) is 9.59 Å². The topological polar surface area (TPSA) is 86.1 Å². The van der Waals surface area contributed by atoms with Crippen molar-refractivity contribution in [3.63, 3.8) is 0 Å². The van der Waals surface area contributed by atoms with Crippen molar-refractivity contribution in [3.05, 3.63) is 53.9 Å². The molecule has 2 aromatic rings. The molecule has 22 heavy (non-hydrogen) atoms. The Balaban J connectivity index is 1.87. The van der Waals surface area contributed by atoms with Crippen molar-refractivity contribution >= 4 is 18.0 Å². The number of hydrogen-bond donors (Lipinski definition) is 1. The fourth-order valence-electron chi connectivity index (χ4n) is 1.65. The Kier molecular flexibility index (Phi) is 5.42. The van der Waals surface area contributed by atoms with Gasteiger partial charge in [0.25, 0.3) is 5.91 Å². The van der Waals surface area contributed by atoms with Crippen molar-refractivity contribution in [1.29, 1.82) is 0 Å². The third-order valence-corrected chi connectivity index (χ3v) is 2.76. The van der Waals surface area contributed by atoms with Crippen LogP contribution < -0.4 is 5.32 Å². The van der Waals surface area contributed by atoms with E-state index in [1.807, 2.05) is 30.3 Å². The van der Waals surface area contributed by atoms with Gasteiger partial charge in [0.05, 0.1) is 12.7 Å². The number of likely N-dealkylation sites (N-methyl/N-ethyl adjacent to an activating group) is 1. The molecule has 0 radical (unpaired) electrons. The van der Waals surface area contributed by atoms with Gasteiger partial charge in [-0.3, -0.25) is 4.79 Å². The molecule has 0 saturated heterocycles. The van der Waals surface area contributed by atoms with E-state index in [0.29, 0.717) is 12.2 Å². The number of benzene rings is 1. The van der Waals surface area contributed by atoms with Crippen LogP contribution in [0, 0.1) is 0 Å². The summed E-state index contributed by atoms with van der Waals surface area (Å²) in [5, 5.41) is 10.3. The van der Waals surface area contributed by atoms with Gasteiger partial charge in [-0.2, -0.15) is 0 Å². The molecule has 0 aliphatic heterocycles. The Morgan fingerprint density at radius 1 is 1.32 bits per heavy atom. The zero-order valence-corrected chi connectivity index (χ0v) is 12.1. The summed E-state index contributed by atoms with van der Waals surface area (Å²) in [7, 11) is 1.47. The molecule has 1 heterocycles. The highest BCUT2D eigenvalue weighted by Crippen LogP contribution is 2.03. The van der Waals surface area contributed by atoms with E-state index >= 15 is 0 Å². The number of aromatic nitrogens is 3. The van der Waals surface area contributed by atoms with Gasteiger partial charge in [-0.15, -0.1) is 5.10 Å². The van der Waals surface area contributed by atoms with Crippen LogP contribution in [0.25, 0.3) is 6.08 Å². The van der Waals surface area contributed by atoms with Gasteiger partial charge in [0.1, 0.15) is 5.69 Å². The lowest BCUT2D eigenvalue weighted by Gasteiger charge is -1.99. The average Bonchev–Trinajstić information content (AvgIpc) is 2.99. The summed E-state index contributed by atoms with van der Waals surface area (Å²) in [4.78, 5) is 22.3. The van der Waals surface area contributed by atoms with E-state index in [4.69, 9.17) is 4.74 Å². The van der Waals surface area contributed by atoms with E-state index in [2.05, 4.69) is 15.6 Å². The van der Waals surface area contributed by atoms with Crippen LogP contribution in [-0.4, -0.2) is 40.5 Å². The number of nitrogens with one attached hydrogen (secondary N) is 1. The summed E-state index contributed by atoms with van der Waals surface area (Å²) in [6.07, 6.45) is 4.41. The second-order valence-electron chi connectivity index (χ2n) is 4.44. The lowest BCUT2D eigenvalue weighted by molar-refractivity contribution is -0.143. The molecule has 0 aliphatic rings. The molecule has 7 heteroatoms. The summed E-state index contributed by atoms with van der Waals surface area (Å²) in [6, 6.07) is 9.84. The lowest BCUT2D eigenvalue weighted by Crippen LogP contribution is -2.24. The lowest BCUT2D eigenvalue weighted by atomic mass is 10.2. The first kappa shape index (κ1) is 15.4. The first-order chi connectivity index (χ1) is 10.7. The zero-order valence-electron chi connectivity index (χ0n) is 12.1. The minimum atomic E-state index is -0.610. The number of esters is 1. The maximum absolute atomic E-state index is 11.4. The third-order valence-electron chi connectivity index (χ3n) is 2.76.